The molecule has 0 saturated heterocycles. The van der Waals surface area contributed by atoms with Gasteiger partial charge in [0.15, 0.2) is 5.96 Å². The number of rotatable bonds is 14. The number of hydrogen-bond acceptors (Lipinski definition) is 9. The molecule has 1 rings (SSSR count). The lowest BCUT2D eigenvalue weighted by Gasteiger charge is -2.17. The Morgan fingerprint density at radius 3 is 1.97 bits per heavy atom. The average Bonchev–Trinajstić information content (AvgIpc) is 2.62. The van der Waals surface area contributed by atoms with Crippen molar-refractivity contribution in [3.8, 4) is 0 Å². The van der Waals surface area contributed by atoms with Crippen molar-refractivity contribution in [3.63, 3.8) is 0 Å². The lowest BCUT2D eigenvalue weighted by atomic mass is 10.1. The van der Waals surface area contributed by atoms with Crippen molar-refractivity contribution in [1.29, 1.82) is 5.41 Å². The zero-order valence-electron chi connectivity index (χ0n) is 15.7. The number of carbonyl (C=O) groups is 2. The Morgan fingerprint density at radius 2 is 1.52 bits per heavy atom. The van der Waals surface area contributed by atoms with E-state index in [1.165, 1.54) is 0 Å². The molecule has 0 aromatic carbocycles. The van der Waals surface area contributed by atoms with E-state index in [1.807, 2.05) is 0 Å². The third-order valence-corrected chi connectivity index (χ3v) is 3.91. The van der Waals surface area contributed by atoms with E-state index >= 15 is 0 Å². The molecule has 0 saturated carbocycles. The maximum absolute atomic E-state index is 11.5. The number of nitrogens with one attached hydrogen (secondary N) is 4. The Morgan fingerprint density at radius 1 is 1.00 bits per heavy atom. The Hall–Kier alpha value is -2.93. The summed E-state index contributed by atoms with van der Waals surface area (Å²) in [6.45, 7) is 0.783. The van der Waals surface area contributed by atoms with Gasteiger partial charge in [-0.2, -0.15) is 15.0 Å². The van der Waals surface area contributed by atoms with Gasteiger partial charge in [-0.25, -0.2) is 9.59 Å². The van der Waals surface area contributed by atoms with E-state index in [-0.39, 0.29) is 29.6 Å². The summed E-state index contributed by atoms with van der Waals surface area (Å²) in [5, 5.41) is 33.4. The van der Waals surface area contributed by atoms with Gasteiger partial charge in [-0.1, -0.05) is 0 Å². The van der Waals surface area contributed by atoms with Crippen LogP contribution in [0.5, 0.6) is 0 Å². The van der Waals surface area contributed by atoms with Gasteiger partial charge in [0.25, 0.3) is 0 Å². The molecule has 0 fully saturated rings. The number of halogens is 1. The third kappa shape index (κ3) is 9.71. The summed E-state index contributed by atoms with van der Waals surface area (Å²) in [4.78, 5) is 34.6. The van der Waals surface area contributed by atoms with E-state index < -0.39 is 24.0 Å². The number of nitrogens with zero attached hydrogens (tertiary/aromatic N) is 3. The van der Waals surface area contributed by atoms with Crippen LogP contribution >= 0.6 is 11.6 Å². The van der Waals surface area contributed by atoms with Gasteiger partial charge in [0, 0.05) is 6.54 Å². The minimum absolute atomic E-state index is 0.0879. The molecular formula is C15H26ClN9O4. The SMILES string of the molecule is N=C(N)NCCCC(Nc1nc(Cl)nc(NC(CCCCN)C(=O)O)n1)C(=O)O. The third-order valence-electron chi connectivity index (χ3n) is 3.74. The highest BCUT2D eigenvalue weighted by atomic mass is 35.5. The quantitative estimate of drug-likeness (QED) is 0.107. The number of hydrogen-bond donors (Lipinski definition) is 8. The molecule has 1 aromatic heterocycles. The van der Waals surface area contributed by atoms with E-state index in [9.17, 15) is 19.8 Å². The van der Waals surface area contributed by atoms with Crippen LogP contribution in [0.3, 0.4) is 0 Å². The summed E-state index contributed by atoms with van der Waals surface area (Å²) in [6.07, 6.45) is 2.18. The minimum Gasteiger partial charge on any atom is -0.480 e. The van der Waals surface area contributed by atoms with Gasteiger partial charge in [0.1, 0.15) is 12.1 Å². The summed E-state index contributed by atoms with van der Waals surface area (Å²) < 4.78 is 0. The van der Waals surface area contributed by atoms with Crippen molar-refractivity contribution in [3.05, 3.63) is 5.28 Å². The van der Waals surface area contributed by atoms with E-state index in [4.69, 9.17) is 28.5 Å². The molecule has 1 aromatic rings. The Bertz CT molecular complexity index is 706. The number of aliphatic carboxylic acids is 2. The lowest BCUT2D eigenvalue weighted by Crippen LogP contribution is -2.34. The zero-order chi connectivity index (χ0) is 21.8. The largest absolute Gasteiger partial charge is 0.480 e. The Kier molecular flexibility index (Phi) is 10.4. The topological polar surface area (TPSA) is 225 Å². The molecule has 29 heavy (non-hydrogen) atoms. The molecule has 162 valence electrons. The summed E-state index contributed by atoms with van der Waals surface area (Å²) in [7, 11) is 0. The smallest absolute Gasteiger partial charge is 0.326 e. The molecule has 14 heteroatoms. The number of guanidine groups is 1. The van der Waals surface area contributed by atoms with Gasteiger partial charge in [-0.3, -0.25) is 5.41 Å². The van der Waals surface area contributed by atoms with Crippen LogP contribution in [0.25, 0.3) is 0 Å². The highest BCUT2D eigenvalue weighted by Crippen LogP contribution is 2.14. The van der Waals surface area contributed by atoms with E-state index in [0.29, 0.717) is 38.8 Å². The second kappa shape index (κ2) is 12.5. The van der Waals surface area contributed by atoms with Crippen molar-refractivity contribution in [2.45, 2.75) is 44.2 Å². The maximum Gasteiger partial charge on any atom is 0.326 e. The van der Waals surface area contributed by atoms with Crippen LogP contribution in [-0.2, 0) is 9.59 Å². The number of nitrogens with two attached hydrogens (primary N) is 2. The lowest BCUT2D eigenvalue weighted by molar-refractivity contribution is -0.139. The van der Waals surface area contributed by atoms with Crippen LogP contribution in [0.1, 0.15) is 32.1 Å². The highest BCUT2D eigenvalue weighted by molar-refractivity contribution is 6.28. The van der Waals surface area contributed by atoms with E-state index in [0.717, 1.165) is 0 Å². The number of aromatic nitrogens is 3. The first kappa shape index (κ1) is 24.1. The van der Waals surface area contributed by atoms with Gasteiger partial charge in [0.05, 0.1) is 0 Å². The molecule has 0 spiro atoms. The van der Waals surface area contributed by atoms with Crippen LogP contribution in [0.4, 0.5) is 11.9 Å². The number of unbranched alkanes of at least 4 members (excludes halogenated alkanes) is 1. The molecule has 0 aliphatic heterocycles. The van der Waals surface area contributed by atoms with Gasteiger partial charge >= 0.3 is 11.9 Å². The predicted molar refractivity (Wildman–Crippen MR) is 107 cm³/mol. The summed E-state index contributed by atoms with van der Waals surface area (Å²) in [5.41, 5.74) is 10.6. The first-order valence-corrected chi connectivity index (χ1v) is 9.29. The molecular weight excluding hydrogens is 406 g/mol. The van der Waals surface area contributed by atoms with Crippen LogP contribution in [0.15, 0.2) is 0 Å². The van der Waals surface area contributed by atoms with Crippen LogP contribution in [-0.4, -0.2) is 68.2 Å². The van der Waals surface area contributed by atoms with E-state index in [2.05, 4.69) is 30.9 Å². The first-order valence-electron chi connectivity index (χ1n) is 8.91. The molecule has 13 nitrogen and oxygen atoms in total. The fourth-order valence-corrected chi connectivity index (χ4v) is 2.49. The number of anilines is 2. The van der Waals surface area contributed by atoms with Crippen LogP contribution in [0.2, 0.25) is 5.28 Å². The van der Waals surface area contributed by atoms with Gasteiger partial charge in [0.2, 0.25) is 17.2 Å². The van der Waals surface area contributed by atoms with Crippen molar-refractivity contribution >= 4 is 41.4 Å². The zero-order valence-corrected chi connectivity index (χ0v) is 16.4. The average molecular weight is 432 g/mol. The highest BCUT2D eigenvalue weighted by Gasteiger charge is 2.21. The fourth-order valence-electron chi connectivity index (χ4n) is 2.33. The fraction of sp³-hybridized carbons (Fsp3) is 0.600. The maximum atomic E-state index is 11.5. The number of carboxylic acid groups (broad SMARTS) is 2. The second-order valence-corrected chi connectivity index (χ2v) is 6.43. The molecule has 0 bridgehead atoms. The predicted octanol–water partition coefficient (Wildman–Crippen LogP) is -0.353. The molecule has 10 N–H and O–H groups in total. The monoisotopic (exact) mass is 431 g/mol. The van der Waals surface area contributed by atoms with Gasteiger partial charge in [-0.15, -0.1) is 0 Å². The molecule has 0 amide bonds. The van der Waals surface area contributed by atoms with Crippen molar-refractivity contribution < 1.29 is 19.8 Å². The molecule has 2 atom stereocenters. The molecule has 0 radical (unpaired) electrons. The summed E-state index contributed by atoms with van der Waals surface area (Å²) in [5.74, 6) is -2.62. The normalized spacial score (nSPS) is 12.6. The molecule has 1 heterocycles. The minimum atomic E-state index is -1.14. The van der Waals surface area contributed by atoms with Crippen molar-refractivity contribution in [1.82, 2.24) is 20.3 Å². The van der Waals surface area contributed by atoms with Gasteiger partial charge < -0.3 is 37.6 Å². The van der Waals surface area contributed by atoms with Crippen LogP contribution in [0, 0.1) is 5.41 Å². The molecule has 0 aliphatic rings. The standard InChI is InChI=1S/C15H26ClN9O4/c16-12-23-14(21-8(10(26)27)4-1-2-6-17)25-15(24-12)22-9(11(28)29)5-3-7-20-13(18)19/h8-9H,1-7,17H2,(H,26,27)(H,28,29)(H4,18,19,20)(H2,21,22,23,24,25). The second-order valence-electron chi connectivity index (χ2n) is 6.09. The molecule has 0 aliphatic carbocycles. The molecule has 2 unspecified atom stereocenters. The first-order chi connectivity index (χ1) is 13.7. The van der Waals surface area contributed by atoms with Crippen LogP contribution < -0.4 is 27.4 Å². The summed E-state index contributed by atoms with van der Waals surface area (Å²) in [6, 6.07) is -1.99. The van der Waals surface area contributed by atoms with Crippen molar-refractivity contribution in [2.24, 2.45) is 11.5 Å². The van der Waals surface area contributed by atoms with Crippen molar-refractivity contribution in [2.75, 3.05) is 23.7 Å². The Labute approximate surface area is 172 Å². The summed E-state index contributed by atoms with van der Waals surface area (Å²) >= 11 is 5.86. The van der Waals surface area contributed by atoms with Gasteiger partial charge in [-0.05, 0) is 50.2 Å². The number of carboxylic acids is 2. The van der Waals surface area contributed by atoms with E-state index in [1.54, 1.807) is 0 Å². The Balaban J connectivity index is 2.80.